The first kappa shape index (κ1) is 46.8. The lowest BCUT2D eigenvalue weighted by atomic mass is 10.0. The molecule has 0 saturated heterocycles. The van der Waals surface area contributed by atoms with E-state index in [0.717, 1.165) is 101 Å². The maximum absolute atomic E-state index is 5.38. The van der Waals surface area contributed by atoms with Gasteiger partial charge in [0.05, 0.1) is 66.9 Å². The predicted molar refractivity (Wildman–Crippen MR) is 339 cm³/mol. The molecule has 384 valence electrons. The molecule has 11 aromatic carbocycles. The second-order valence-corrected chi connectivity index (χ2v) is 20.7. The summed E-state index contributed by atoms with van der Waals surface area (Å²) in [5.41, 5.74) is 19.8. The lowest BCUT2D eigenvalue weighted by Crippen LogP contribution is -2.11. The Labute approximate surface area is 472 Å². The molecule has 0 N–H and O–H groups in total. The van der Waals surface area contributed by atoms with Crippen molar-refractivity contribution in [1.82, 2.24) is 29.1 Å². The third-order valence-corrected chi connectivity index (χ3v) is 16.0. The Hall–Kier alpha value is -11.2. The highest BCUT2D eigenvalue weighted by Gasteiger charge is 2.22. The molecule has 8 nitrogen and oxygen atoms in total. The van der Waals surface area contributed by atoms with E-state index < -0.39 is 0 Å². The summed E-state index contributed by atoms with van der Waals surface area (Å²) in [6, 6.07) is 98.8. The molecule has 8 heteroatoms. The van der Waals surface area contributed by atoms with Crippen LogP contribution in [0.5, 0.6) is 0 Å². The van der Waals surface area contributed by atoms with Crippen molar-refractivity contribution in [2.45, 2.75) is 0 Å². The molecular formula is C74H48N8. The number of benzene rings is 11. The molecule has 0 amide bonds. The minimum atomic E-state index is 0.794. The third kappa shape index (κ3) is 7.76. The monoisotopic (exact) mass is 1050 g/mol. The van der Waals surface area contributed by atoms with Crippen LogP contribution < -0.4 is 9.80 Å². The van der Waals surface area contributed by atoms with Gasteiger partial charge in [0.25, 0.3) is 0 Å². The second kappa shape index (κ2) is 19.3. The lowest BCUT2D eigenvalue weighted by molar-refractivity contribution is 1.17. The summed E-state index contributed by atoms with van der Waals surface area (Å²) < 4.78 is 4.71. The Balaban J connectivity index is 0.786. The van der Waals surface area contributed by atoms with E-state index in [4.69, 9.17) is 19.9 Å². The SMILES string of the molecule is c1cnc2c(N(c3ccc(-c4nc5ccccc5nc4-c4ccc(N(c5ccc(-n6c7ccccc7c7ccccc76)cc5)c5cccc6cccnc56)cc4)cc3)c3ccc(-n4c5ccccc5c5ccccc54)cc3)cccc2c1. The second-order valence-electron chi connectivity index (χ2n) is 20.7. The van der Waals surface area contributed by atoms with E-state index in [9.17, 15) is 0 Å². The quantitative estimate of drug-likeness (QED) is 0.136. The van der Waals surface area contributed by atoms with Crippen molar-refractivity contribution >= 4 is 111 Å². The molecule has 82 heavy (non-hydrogen) atoms. The molecule has 0 spiro atoms. The van der Waals surface area contributed by atoms with Crippen LogP contribution in [0, 0.1) is 0 Å². The van der Waals surface area contributed by atoms with Gasteiger partial charge < -0.3 is 18.9 Å². The first-order valence-electron chi connectivity index (χ1n) is 27.6. The van der Waals surface area contributed by atoms with Crippen LogP contribution in [-0.4, -0.2) is 29.1 Å². The highest BCUT2D eigenvalue weighted by Crippen LogP contribution is 2.44. The number of hydrogen-bond acceptors (Lipinski definition) is 6. The molecule has 0 radical (unpaired) electrons. The van der Waals surface area contributed by atoms with Crippen molar-refractivity contribution < 1.29 is 0 Å². The van der Waals surface area contributed by atoms with Gasteiger partial charge in [-0.1, -0.05) is 146 Å². The van der Waals surface area contributed by atoms with E-state index >= 15 is 0 Å². The molecule has 5 aromatic heterocycles. The Morgan fingerprint density at radius 2 is 0.585 bits per heavy atom. The van der Waals surface area contributed by atoms with Crippen molar-refractivity contribution in [3.05, 3.63) is 291 Å². The fourth-order valence-corrected chi connectivity index (χ4v) is 12.2. The van der Waals surface area contributed by atoms with Gasteiger partial charge in [0, 0.05) is 90.0 Å². The van der Waals surface area contributed by atoms with Gasteiger partial charge in [-0.3, -0.25) is 9.97 Å². The molecule has 0 unspecified atom stereocenters. The Bertz CT molecular complexity index is 4660. The van der Waals surface area contributed by atoms with Crippen molar-refractivity contribution in [3.63, 3.8) is 0 Å². The van der Waals surface area contributed by atoms with Gasteiger partial charge in [0.2, 0.25) is 0 Å². The molecule has 16 rings (SSSR count). The van der Waals surface area contributed by atoms with Crippen LogP contribution in [0.3, 0.4) is 0 Å². The van der Waals surface area contributed by atoms with Crippen LogP contribution in [0.1, 0.15) is 0 Å². The number of hydrogen-bond donors (Lipinski definition) is 0. The molecule has 0 bridgehead atoms. The molecular weight excluding hydrogens is 1000 g/mol. The number of nitrogens with zero attached hydrogens (tertiary/aromatic N) is 8. The summed E-state index contributed by atoms with van der Waals surface area (Å²) in [5.74, 6) is 0. The van der Waals surface area contributed by atoms with Gasteiger partial charge in [-0.25, -0.2) is 9.97 Å². The Morgan fingerprint density at radius 1 is 0.268 bits per heavy atom. The van der Waals surface area contributed by atoms with Crippen molar-refractivity contribution in [3.8, 4) is 33.9 Å². The zero-order chi connectivity index (χ0) is 54.1. The van der Waals surface area contributed by atoms with Gasteiger partial charge in [-0.05, 0) is 133 Å². The van der Waals surface area contributed by atoms with Crippen LogP contribution in [0.15, 0.2) is 291 Å². The van der Waals surface area contributed by atoms with Crippen LogP contribution in [-0.2, 0) is 0 Å². The first-order valence-corrected chi connectivity index (χ1v) is 27.6. The highest BCUT2D eigenvalue weighted by molar-refractivity contribution is 6.10. The summed E-state index contributed by atoms with van der Waals surface area (Å²) >= 11 is 0. The Kier molecular flexibility index (Phi) is 11.0. The summed E-state index contributed by atoms with van der Waals surface area (Å²) in [6.07, 6.45) is 3.74. The van der Waals surface area contributed by atoms with Crippen molar-refractivity contribution in [2.75, 3.05) is 9.80 Å². The Morgan fingerprint density at radius 3 is 0.951 bits per heavy atom. The predicted octanol–water partition coefficient (Wildman–Crippen LogP) is 19.2. The first-order chi connectivity index (χ1) is 40.7. The van der Waals surface area contributed by atoms with E-state index in [1.807, 2.05) is 48.8 Å². The van der Waals surface area contributed by atoms with Crippen LogP contribution in [0.25, 0.3) is 110 Å². The minimum Gasteiger partial charge on any atom is -0.309 e. The molecule has 0 aliphatic heterocycles. The third-order valence-electron chi connectivity index (χ3n) is 16.0. The lowest BCUT2D eigenvalue weighted by Gasteiger charge is -2.27. The van der Waals surface area contributed by atoms with E-state index in [-0.39, 0.29) is 0 Å². The summed E-state index contributed by atoms with van der Waals surface area (Å²) in [4.78, 5) is 25.2. The zero-order valence-electron chi connectivity index (χ0n) is 44.3. The van der Waals surface area contributed by atoms with Gasteiger partial charge >= 0.3 is 0 Å². The number of aromatic nitrogens is 6. The van der Waals surface area contributed by atoms with Crippen LogP contribution >= 0.6 is 0 Å². The standard InChI is InChI=1S/C74H48N8/c1-7-25-65-59(19-1)60-20-2-8-26-66(60)81(65)57-43-39-55(40-44-57)79(69-29-11-15-49-17-13-47-75-71(49)69)53-35-31-51(32-36-53)73-74(78-64-24-6-5-23-63(64)77-73)52-33-37-54(38-34-52)80(70-30-12-16-50-18-14-48-76-72(50)70)56-41-45-58(46-42-56)82-67-27-9-3-21-61(67)62-22-4-10-28-68(62)82/h1-48H. The molecule has 16 aromatic rings. The molecule has 0 atom stereocenters. The van der Waals surface area contributed by atoms with Crippen molar-refractivity contribution in [2.24, 2.45) is 0 Å². The average Bonchev–Trinajstić information content (AvgIpc) is 4.18. The van der Waals surface area contributed by atoms with Crippen LogP contribution in [0.4, 0.5) is 34.1 Å². The van der Waals surface area contributed by atoms with Crippen molar-refractivity contribution in [1.29, 1.82) is 0 Å². The van der Waals surface area contributed by atoms with E-state index in [1.165, 1.54) is 43.6 Å². The number of fused-ring (bicyclic) bond motifs is 9. The van der Waals surface area contributed by atoms with Gasteiger partial charge in [-0.2, -0.15) is 0 Å². The van der Waals surface area contributed by atoms with Gasteiger partial charge in [0.1, 0.15) is 0 Å². The molecule has 0 aliphatic rings. The normalized spacial score (nSPS) is 11.7. The molecule has 0 aliphatic carbocycles. The number of rotatable bonds is 10. The number of anilines is 6. The smallest absolute Gasteiger partial charge is 0.0973 e. The van der Waals surface area contributed by atoms with E-state index in [2.05, 4.69) is 262 Å². The molecule has 0 saturated carbocycles. The van der Waals surface area contributed by atoms with Gasteiger partial charge in [-0.15, -0.1) is 0 Å². The number of para-hydroxylation sites is 8. The largest absolute Gasteiger partial charge is 0.309 e. The molecule has 0 fully saturated rings. The number of pyridine rings is 2. The highest BCUT2D eigenvalue weighted by atomic mass is 15.2. The topological polar surface area (TPSA) is 67.9 Å². The van der Waals surface area contributed by atoms with Crippen LogP contribution in [0.2, 0.25) is 0 Å². The maximum Gasteiger partial charge on any atom is 0.0973 e. The zero-order valence-corrected chi connectivity index (χ0v) is 44.3. The van der Waals surface area contributed by atoms with Gasteiger partial charge in [0.15, 0.2) is 0 Å². The maximum atomic E-state index is 5.38. The van der Waals surface area contributed by atoms with E-state index in [1.54, 1.807) is 0 Å². The average molecular weight is 1050 g/mol. The fraction of sp³-hybridized carbons (Fsp3) is 0. The fourth-order valence-electron chi connectivity index (χ4n) is 12.2. The summed E-state index contributed by atoms with van der Waals surface area (Å²) in [5, 5.41) is 7.07. The minimum absolute atomic E-state index is 0.794. The summed E-state index contributed by atoms with van der Waals surface area (Å²) in [6.45, 7) is 0. The summed E-state index contributed by atoms with van der Waals surface area (Å²) in [7, 11) is 0. The van der Waals surface area contributed by atoms with E-state index in [0.29, 0.717) is 0 Å². The molecule has 5 heterocycles.